The van der Waals surface area contributed by atoms with Crippen molar-refractivity contribution in [1.29, 1.82) is 0 Å². The van der Waals surface area contributed by atoms with E-state index in [1.54, 1.807) is 0 Å². The van der Waals surface area contributed by atoms with Gasteiger partial charge in [-0.25, -0.2) is 0 Å². The van der Waals surface area contributed by atoms with Crippen LogP contribution in [0.4, 0.5) is 0 Å². The highest BCUT2D eigenvalue weighted by Crippen LogP contribution is 2.01. The molecule has 0 aromatic heterocycles. The Hall–Kier alpha value is 0.190. The van der Waals surface area contributed by atoms with Gasteiger partial charge in [-0.3, -0.25) is 0 Å². The van der Waals surface area contributed by atoms with E-state index >= 15 is 0 Å². The smallest absolute Gasteiger partial charge is 0.0897 e. The first-order valence-corrected chi connectivity index (χ1v) is 8.50. The maximum absolute atomic E-state index is 9.73. The van der Waals surface area contributed by atoms with Crippen molar-refractivity contribution in [2.24, 2.45) is 0 Å². The molecule has 0 aromatic carbocycles. The number of thioether (sulfide) groups is 1. The molecule has 0 heterocycles. The van der Waals surface area contributed by atoms with E-state index in [0.717, 1.165) is 31.0 Å². The second kappa shape index (κ2) is 14.6. The Kier molecular flexibility index (Phi) is 14.7. The van der Waals surface area contributed by atoms with Crippen LogP contribution in [-0.2, 0) is 9.47 Å². The molecule has 0 saturated heterocycles. The van der Waals surface area contributed by atoms with Crippen molar-refractivity contribution < 1.29 is 14.6 Å². The minimum Gasteiger partial charge on any atom is -0.389 e. The summed E-state index contributed by atoms with van der Waals surface area (Å²) >= 11 is 1.91. The Morgan fingerprint density at radius 1 is 1.16 bits per heavy atom. The molecule has 4 nitrogen and oxygen atoms in total. The third-order valence-electron chi connectivity index (χ3n) is 2.60. The van der Waals surface area contributed by atoms with Gasteiger partial charge in [0.2, 0.25) is 0 Å². The van der Waals surface area contributed by atoms with E-state index in [-0.39, 0.29) is 0 Å². The van der Waals surface area contributed by atoms with Gasteiger partial charge < -0.3 is 19.9 Å². The molecule has 0 aliphatic heterocycles. The molecule has 0 bridgehead atoms. The fourth-order valence-corrected chi connectivity index (χ4v) is 2.14. The average molecular weight is 293 g/mol. The van der Waals surface area contributed by atoms with Gasteiger partial charge in [0.1, 0.15) is 0 Å². The zero-order chi connectivity index (χ0) is 14.3. The molecule has 0 saturated carbocycles. The molecule has 0 aromatic rings. The summed E-state index contributed by atoms with van der Waals surface area (Å²) in [6.45, 7) is 9.37. The number of hydrogen-bond donors (Lipinski definition) is 2. The number of nitrogens with one attached hydrogen (secondary N) is 1. The molecule has 5 heteroatoms. The van der Waals surface area contributed by atoms with E-state index in [0.29, 0.717) is 32.4 Å². The van der Waals surface area contributed by atoms with Crippen LogP contribution in [0.5, 0.6) is 0 Å². The second-order valence-corrected chi connectivity index (χ2v) is 5.98. The Morgan fingerprint density at radius 3 is 2.58 bits per heavy atom. The van der Waals surface area contributed by atoms with Crippen molar-refractivity contribution in [1.82, 2.24) is 5.32 Å². The number of rotatable bonds is 14. The van der Waals surface area contributed by atoms with Crippen LogP contribution < -0.4 is 5.32 Å². The van der Waals surface area contributed by atoms with Gasteiger partial charge >= 0.3 is 0 Å². The van der Waals surface area contributed by atoms with Crippen LogP contribution in [0.15, 0.2) is 0 Å². The summed E-state index contributed by atoms with van der Waals surface area (Å²) in [6, 6.07) is 0.428. The minimum absolute atomic E-state index is 0.373. The highest BCUT2D eigenvalue weighted by molar-refractivity contribution is 7.99. The van der Waals surface area contributed by atoms with E-state index in [9.17, 15) is 5.11 Å². The predicted molar refractivity (Wildman–Crippen MR) is 83.0 cm³/mol. The van der Waals surface area contributed by atoms with Crippen LogP contribution in [0, 0.1) is 0 Å². The van der Waals surface area contributed by atoms with Gasteiger partial charge in [-0.05, 0) is 19.1 Å². The molecule has 2 atom stereocenters. The SMILES string of the molecule is CCCCOCCOCC(O)CNC(C)CSCC. The Labute approximate surface area is 122 Å². The maximum Gasteiger partial charge on any atom is 0.0897 e. The van der Waals surface area contributed by atoms with Crippen LogP contribution >= 0.6 is 11.8 Å². The van der Waals surface area contributed by atoms with E-state index in [1.807, 2.05) is 11.8 Å². The normalized spacial score (nSPS) is 14.5. The van der Waals surface area contributed by atoms with Gasteiger partial charge in [0.25, 0.3) is 0 Å². The number of unbranched alkanes of at least 4 members (excludes halogenated alkanes) is 1. The van der Waals surface area contributed by atoms with Crippen LogP contribution in [0.1, 0.15) is 33.6 Å². The Morgan fingerprint density at radius 2 is 1.89 bits per heavy atom. The third kappa shape index (κ3) is 14.4. The van der Waals surface area contributed by atoms with Gasteiger partial charge in [-0.15, -0.1) is 0 Å². The number of aliphatic hydroxyl groups is 1. The van der Waals surface area contributed by atoms with Crippen LogP contribution in [0.2, 0.25) is 0 Å². The number of aliphatic hydroxyl groups excluding tert-OH is 1. The highest BCUT2D eigenvalue weighted by Gasteiger charge is 2.07. The lowest BCUT2D eigenvalue weighted by Crippen LogP contribution is -2.37. The molecule has 2 unspecified atom stereocenters. The molecule has 0 radical (unpaired) electrons. The second-order valence-electron chi connectivity index (χ2n) is 4.66. The fourth-order valence-electron chi connectivity index (χ4n) is 1.44. The fraction of sp³-hybridized carbons (Fsp3) is 1.00. The maximum atomic E-state index is 9.73. The van der Waals surface area contributed by atoms with E-state index in [2.05, 4.69) is 26.1 Å². The van der Waals surface area contributed by atoms with E-state index in [1.165, 1.54) is 0 Å². The van der Waals surface area contributed by atoms with Crippen molar-refractivity contribution in [2.75, 3.05) is 44.5 Å². The zero-order valence-electron chi connectivity index (χ0n) is 12.7. The summed E-state index contributed by atoms with van der Waals surface area (Å²) in [5.74, 6) is 2.21. The van der Waals surface area contributed by atoms with Gasteiger partial charge in [-0.2, -0.15) is 11.8 Å². The van der Waals surface area contributed by atoms with E-state index < -0.39 is 6.10 Å². The molecular formula is C14H31NO3S. The van der Waals surface area contributed by atoms with E-state index in [4.69, 9.17) is 9.47 Å². The molecule has 0 rings (SSSR count). The molecule has 0 aliphatic carbocycles. The third-order valence-corrected chi connectivity index (χ3v) is 3.74. The Bertz CT molecular complexity index is 184. The summed E-state index contributed by atoms with van der Waals surface area (Å²) in [5.41, 5.74) is 0. The van der Waals surface area contributed by atoms with Crippen LogP contribution in [0.3, 0.4) is 0 Å². The van der Waals surface area contributed by atoms with Crippen molar-refractivity contribution in [3.63, 3.8) is 0 Å². The number of ether oxygens (including phenoxy) is 2. The summed E-state index contributed by atoms with van der Waals surface area (Å²) in [4.78, 5) is 0. The van der Waals surface area contributed by atoms with Crippen molar-refractivity contribution in [2.45, 2.75) is 45.8 Å². The summed E-state index contributed by atoms with van der Waals surface area (Å²) in [6.07, 6.45) is 1.81. The van der Waals surface area contributed by atoms with Gasteiger partial charge in [0.15, 0.2) is 0 Å². The molecule has 0 aliphatic rings. The van der Waals surface area contributed by atoms with Crippen LogP contribution in [0.25, 0.3) is 0 Å². The highest BCUT2D eigenvalue weighted by atomic mass is 32.2. The standard InChI is InChI=1S/C14H31NO3S/c1-4-6-7-17-8-9-18-11-14(16)10-15-13(3)12-19-5-2/h13-16H,4-12H2,1-3H3. The lowest BCUT2D eigenvalue weighted by molar-refractivity contribution is 0.00349. The molecule has 116 valence electrons. The minimum atomic E-state index is -0.440. The molecule has 0 amide bonds. The lowest BCUT2D eigenvalue weighted by Gasteiger charge is -2.16. The molecule has 2 N–H and O–H groups in total. The van der Waals surface area contributed by atoms with Crippen molar-refractivity contribution >= 4 is 11.8 Å². The quantitative estimate of drug-likeness (QED) is 0.479. The molecular weight excluding hydrogens is 262 g/mol. The van der Waals surface area contributed by atoms with Gasteiger partial charge in [0, 0.05) is 24.9 Å². The largest absolute Gasteiger partial charge is 0.389 e. The summed E-state index contributed by atoms with van der Waals surface area (Å²) in [5, 5.41) is 13.0. The first-order chi connectivity index (χ1) is 9.20. The van der Waals surface area contributed by atoms with Crippen molar-refractivity contribution in [3.8, 4) is 0 Å². The van der Waals surface area contributed by atoms with Crippen molar-refractivity contribution in [3.05, 3.63) is 0 Å². The van der Waals surface area contributed by atoms with Gasteiger partial charge in [-0.1, -0.05) is 20.3 Å². The molecule has 19 heavy (non-hydrogen) atoms. The summed E-state index contributed by atoms with van der Waals surface area (Å²) in [7, 11) is 0. The topological polar surface area (TPSA) is 50.7 Å². The molecule has 0 spiro atoms. The van der Waals surface area contributed by atoms with Crippen LogP contribution in [-0.4, -0.2) is 61.7 Å². The summed E-state index contributed by atoms with van der Waals surface area (Å²) < 4.78 is 10.7. The number of hydrogen-bond acceptors (Lipinski definition) is 5. The molecule has 0 fully saturated rings. The Balaban J connectivity index is 3.27. The zero-order valence-corrected chi connectivity index (χ0v) is 13.5. The first-order valence-electron chi connectivity index (χ1n) is 7.35. The monoisotopic (exact) mass is 293 g/mol. The first kappa shape index (κ1) is 19.2. The predicted octanol–water partition coefficient (Wildman–Crippen LogP) is 1.91. The lowest BCUT2D eigenvalue weighted by atomic mass is 10.3. The van der Waals surface area contributed by atoms with Gasteiger partial charge in [0.05, 0.1) is 25.9 Å². The average Bonchev–Trinajstić information content (AvgIpc) is 2.41.